The molecule has 0 radical (unpaired) electrons. The van der Waals surface area contributed by atoms with Gasteiger partial charge in [0.15, 0.2) is 0 Å². The van der Waals surface area contributed by atoms with Crippen molar-refractivity contribution in [3.05, 3.63) is 153 Å². The first-order valence-corrected chi connectivity index (χ1v) is 13.0. The molecule has 0 aromatic heterocycles. The van der Waals surface area contributed by atoms with Crippen LogP contribution in [0.25, 0.3) is 11.1 Å². The van der Waals surface area contributed by atoms with Crippen molar-refractivity contribution < 1.29 is 0 Å². The van der Waals surface area contributed by atoms with E-state index in [2.05, 4.69) is 130 Å². The van der Waals surface area contributed by atoms with Gasteiger partial charge in [-0.1, -0.05) is 108 Å². The predicted octanol–water partition coefficient (Wildman–Crippen LogP) is 7.96. The third kappa shape index (κ3) is 3.68. The Kier molecular flexibility index (Phi) is 5.78. The summed E-state index contributed by atoms with van der Waals surface area (Å²) >= 11 is 0. The Hall–Kier alpha value is -3.62. The third-order valence-electron chi connectivity index (χ3n) is 7.83. The van der Waals surface area contributed by atoms with Crippen LogP contribution in [0.15, 0.2) is 142 Å². The van der Waals surface area contributed by atoms with Gasteiger partial charge in [0.1, 0.15) is 0 Å². The van der Waals surface area contributed by atoms with Gasteiger partial charge in [0, 0.05) is 0 Å². The maximum atomic E-state index is 2.43. The summed E-state index contributed by atoms with van der Waals surface area (Å²) in [6, 6.07) is 21.7. The minimum atomic E-state index is 0.204. The number of nitrogens with zero attached hydrogens (tertiary/aromatic N) is 1. The summed E-state index contributed by atoms with van der Waals surface area (Å²) in [6.45, 7) is 4.80. The van der Waals surface area contributed by atoms with Gasteiger partial charge in [0.05, 0.1) is 0 Å². The van der Waals surface area contributed by atoms with Gasteiger partial charge in [-0.25, -0.2) is 0 Å². The third-order valence-corrected chi connectivity index (χ3v) is 7.83. The maximum Gasteiger partial charge on any atom is 0.293 e. The zero-order chi connectivity index (χ0) is 24.8. The maximum absolute atomic E-state index is 2.43. The second-order valence-corrected chi connectivity index (χ2v) is 10.4. The van der Waals surface area contributed by atoms with Gasteiger partial charge in [-0.3, -0.25) is 0 Å². The lowest BCUT2D eigenvalue weighted by Gasteiger charge is -2.30. The van der Waals surface area contributed by atoms with Crippen LogP contribution in [0.5, 0.6) is 0 Å². The predicted molar refractivity (Wildman–Crippen MR) is 155 cm³/mol. The molecule has 0 aliphatic heterocycles. The van der Waals surface area contributed by atoms with Crippen LogP contribution in [0.3, 0.4) is 0 Å². The van der Waals surface area contributed by atoms with Crippen molar-refractivity contribution in [1.29, 1.82) is 0 Å². The smallest absolute Gasteiger partial charge is 0.293 e. The molecule has 0 fully saturated rings. The van der Waals surface area contributed by atoms with Crippen molar-refractivity contribution in [2.75, 3.05) is 14.1 Å². The molecule has 0 bridgehead atoms. The van der Waals surface area contributed by atoms with E-state index in [4.69, 9.17) is 0 Å². The molecule has 4 aliphatic rings. The number of hydrogen-bond donors (Lipinski definition) is 0. The first kappa shape index (κ1) is 22.8. The van der Waals surface area contributed by atoms with Gasteiger partial charge in [-0.15, -0.1) is 0 Å². The van der Waals surface area contributed by atoms with Gasteiger partial charge < -0.3 is 4.81 Å². The standard InChI is InChI=1S/C34H32BN/c1-23-21-31-27(25-13-7-5-8-14-25)17-11-19-29(31)33(23)35(36(3)4)34-24(2)22-32-28(18-12-20-30(32)34)26-15-9-6-10-16-26/h5-10,13-22H,11-12H2,1-4H3. The number of hydrogen-bond acceptors (Lipinski definition) is 1. The lowest BCUT2D eigenvalue weighted by molar-refractivity contribution is 0.650. The van der Waals surface area contributed by atoms with E-state index in [0.717, 1.165) is 12.8 Å². The van der Waals surface area contributed by atoms with Gasteiger partial charge in [-0.05, 0) is 96.3 Å². The van der Waals surface area contributed by atoms with E-state index >= 15 is 0 Å². The first-order chi connectivity index (χ1) is 17.5. The van der Waals surface area contributed by atoms with Gasteiger partial charge >= 0.3 is 0 Å². The SMILES string of the molecule is CC1=C(B(C2=C(C)C=C3C2=CCC=C3c2ccccc2)N(C)C)C2=CCC=C(c3ccccc3)C2=C1. The molecule has 0 saturated heterocycles. The van der Waals surface area contributed by atoms with Crippen molar-refractivity contribution in [2.24, 2.45) is 0 Å². The quantitative estimate of drug-likeness (QED) is 0.405. The Labute approximate surface area is 216 Å². The minimum absolute atomic E-state index is 0.204. The zero-order valence-electron chi connectivity index (χ0n) is 21.7. The molecule has 6 rings (SSSR count). The molecule has 176 valence electrons. The number of benzene rings is 2. The summed E-state index contributed by atoms with van der Waals surface area (Å²) < 4.78 is 0. The number of fused-ring (bicyclic) bond motifs is 2. The lowest BCUT2D eigenvalue weighted by atomic mass is 9.43. The molecule has 0 saturated carbocycles. The van der Waals surface area contributed by atoms with E-state index in [1.165, 1.54) is 66.7 Å². The van der Waals surface area contributed by atoms with Crippen molar-refractivity contribution in [3.63, 3.8) is 0 Å². The fraction of sp³-hybridized carbons (Fsp3) is 0.176. The van der Waals surface area contributed by atoms with Crippen LogP contribution in [0, 0.1) is 0 Å². The molecule has 0 N–H and O–H groups in total. The van der Waals surface area contributed by atoms with Crippen LogP contribution in [-0.4, -0.2) is 25.8 Å². The Morgan fingerprint density at radius 1 is 0.528 bits per heavy atom. The molecule has 0 heterocycles. The Bertz CT molecular complexity index is 1370. The number of rotatable bonds is 5. The summed E-state index contributed by atoms with van der Waals surface area (Å²) in [4.78, 5) is 2.41. The summed E-state index contributed by atoms with van der Waals surface area (Å²) in [7, 11) is 4.46. The average Bonchev–Trinajstić information content (AvgIpc) is 3.41. The summed E-state index contributed by atoms with van der Waals surface area (Å²) in [5.74, 6) is 0. The molecule has 0 amide bonds. The molecular formula is C34H32BN. The van der Waals surface area contributed by atoms with Crippen molar-refractivity contribution in [3.8, 4) is 0 Å². The fourth-order valence-corrected chi connectivity index (χ4v) is 6.32. The van der Waals surface area contributed by atoms with Crippen LogP contribution in [0.4, 0.5) is 0 Å². The van der Waals surface area contributed by atoms with Crippen molar-refractivity contribution in [2.45, 2.75) is 26.7 Å². The lowest BCUT2D eigenvalue weighted by Crippen LogP contribution is -2.39. The van der Waals surface area contributed by atoms with Gasteiger partial charge in [-0.2, -0.15) is 0 Å². The molecule has 0 spiro atoms. The molecule has 2 heteroatoms. The first-order valence-electron chi connectivity index (χ1n) is 13.0. The minimum Gasteiger partial charge on any atom is -0.340 e. The van der Waals surface area contributed by atoms with E-state index in [1.54, 1.807) is 0 Å². The van der Waals surface area contributed by atoms with Crippen LogP contribution >= 0.6 is 0 Å². The Morgan fingerprint density at radius 2 is 0.917 bits per heavy atom. The van der Waals surface area contributed by atoms with E-state index in [1.807, 2.05) is 0 Å². The highest BCUT2D eigenvalue weighted by molar-refractivity contribution is 6.74. The molecule has 4 aliphatic carbocycles. The summed E-state index contributed by atoms with van der Waals surface area (Å²) in [5.41, 5.74) is 16.6. The highest BCUT2D eigenvalue weighted by Gasteiger charge is 2.40. The molecule has 0 unspecified atom stereocenters. The topological polar surface area (TPSA) is 3.24 Å². The second-order valence-electron chi connectivity index (χ2n) is 10.4. The zero-order valence-corrected chi connectivity index (χ0v) is 21.7. The van der Waals surface area contributed by atoms with Crippen LogP contribution < -0.4 is 0 Å². The van der Waals surface area contributed by atoms with Crippen LogP contribution in [0.2, 0.25) is 0 Å². The monoisotopic (exact) mass is 465 g/mol. The molecular weight excluding hydrogens is 433 g/mol. The van der Waals surface area contributed by atoms with E-state index in [-0.39, 0.29) is 6.85 Å². The van der Waals surface area contributed by atoms with Crippen molar-refractivity contribution >= 4 is 18.0 Å². The highest BCUT2D eigenvalue weighted by Crippen LogP contribution is 2.49. The molecule has 1 nitrogen and oxygen atoms in total. The molecule has 36 heavy (non-hydrogen) atoms. The Morgan fingerprint density at radius 3 is 1.31 bits per heavy atom. The average molecular weight is 465 g/mol. The van der Waals surface area contributed by atoms with E-state index in [0.29, 0.717) is 0 Å². The summed E-state index contributed by atoms with van der Waals surface area (Å²) in [6.07, 6.45) is 16.4. The normalized spacial score (nSPS) is 18.8. The van der Waals surface area contributed by atoms with Crippen LogP contribution in [-0.2, 0) is 0 Å². The van der Waals surface area contributed by atoms with Crippen molar-refractivity contribution in [1.82, 2.24) is 4.81 Å². The van der Waals surface area contributed by atoms with E-state index in [9.17, 15) is 0 Å². The van der Waals surface area contributed by atoms with Gasteiger partial charge in [0.2, 0.25) is 0 Å². The Balaban J connectivity index is 1.38. The van der Waals surface area contributed by atoms with Gasteiger partial charge in [0.25, 0.3) is 6.85 Å². The summed E-state index contributed by atoms with van der Waals surface area (Å²) in [5, 5.41) is 0. The number of allylic oxidation sites excluding steroid dienone is 16. The highest BCUT2D eigenvalue weighted by atomic mass is 15.0. The molecule has 0 atom stereocenters. The largest absolute Gasteiger partial charge is 0.340 e. The molecule has 2 aromatic rings. The second kappa shape index (κ2) is 9.11. The van der Waals surface area contributed by atoms with E-state index < -0.39 is 0 Å². The van der Waals surface area contributed by atoms with Crippen LogP contribution in [0.1, 0.15) is 37.8 Å². The fourth-order valence-electron chi connectivity index (χ4n) is 6.32. The molecule has 2 aromatic carbocycles.